The maximum atomic E-state index is 11.3. The van der Waals surface area contributed by atoms with Gasteiger partial charge in [-0.25, -0.2) is 0 Å². The van der Waals surface area contributed by atoms with Crippen LogP contribution < -0.4 is 0 Å². The van der Waals surface area contributed by atoms with Gasteiger partial charge in [-0.1, -0.05) is 25.5 Å². The van der Waals surface area contributed by atoms with Crippen molar-refractivity contribution < 1.29 is 19.7 Å². The Kier molecular flexibility index (Phi) is 3.52. The van der Waals surface area contributed by atoms with Crippen molar-refractivity contribution in [1.29, 1.82) is 0 Å². The Morgan fingerprint density at radius 3 is 2.75 bits per heavy atom. The van der Waals surface area contributed by atoms with Crippen molar-refractivity contribution in [1.82, 2.24) is 0 Å². The second-order valence-electron chi connectivity index (χ2n) is 8.93. The Hall–Kier alpha value is -0.840. The standard InChI is InChI=1S/C20H30O4/c1-12-6-5-8-19(4)17(24-19)20(22)16-14(11-23-20)18(3,9-7-12)13(2)10-15(16)21/h6,13-14,17,21-22H,5,7-11H2,1-4H3/b12-6-/t13-,14+,17+,18+,19-,20-/m0/s1. The van der Waals surface area contributed by atoms with Crippen LogP contribution in [0.3, 0.4) is 0 Å². The molecule has 2 N–H and O–H groups in total. The minimum atomic E-state index is -1.46. The van der Waals surface area contributed by atoms with E-state index in [1.54, 1.807) is 0 Å². The van der Waals surface area contributed by atoms with Crippen LogP contribution in [0.1, 0.15) is 59.8 Å². The van der Waals surface area contributed by atoms with E-state index in [9.17, 15) is 10.2 Å². The van der Waals surface area contributed by atoms with Crippen LogP contribution in [0.25, 0.3) is 0 Å². The summed E-state index contributed by atoms with van der Waals surface area (Å²) in [4.78, 5) is 0. The quantitative estimate of drug-likeness (QED) is 0.522. The lowest BCUT2D eigenvalue weighted by atomic mass is 9.58. The highest BCUT2D eigenvalue weighted by Crippen LogP contribution is 2.61. The number of allylic oxidation sites excluding steroid dienone is 3. The van der Waals surface area contributed by atoms with Gasteiger partial charge in [0.25, 0.3) is 0 Å². The van der Waals surface area contributed by atoms with Crippen LogP contribution in [0.2, 0.25) is 0 Å². The lowest BCUT2D eigenvalue weighted by Crippen LogP contribution is -2.46. The first-order valence-corrected chi connectivity index (χ1v) is 9.33. The first kappa shape index (κ1) is 16.6. The zero-order valence-electron chi connectivity index (χ0n) is 15.3. The first-order valence-electron chi connectivity index (χ1n) is 9.33. The SMILES string of the molecule is C/C1=C/CC[C@]2(C)O[C@H]2[C@@]2(O)OC[C@@H]3C2=C(O)C[C@H](C)[C@@]3(C)CC1. The van der Waals surface area contributed by atoms with Gasteiger partial charge in [0.1, 0.15) is 6.10 Å². The molecule has 2 heterocycles. The third kappa shape index (κ3) is 2.16. The summed E-state index contributed by atoms with van der Waals surface area (Å²) in [7, 11) is 0. The van der Waals surface area contributed by atoms with E-state index in [1.807, 2.05) is 6.92 Å². The molecule has 0 saturated carbocycles. The largest absolute Gasteiger partial charge is 0.512 e. The molecule has 4 nitrogen and oxygen atoms in total. The van der Waals surface area contributed by atoms with E-state index < -0.39 is 5.79 Å². The summed E-state index contributed by atoms with van der Waals surface area (Å²) < 4.78 is 11.9. The summed E-state index contributed by atoms with van der Waals surface area (Å²) in [5.41, 5.74) is 1.79. The van der Waals surface area contributed by atoms with Crippen LogP contribution >= 0.6 is 0 Å². The zero-order chi connectivity index (χ0) is 17.3. The molecule has 4 rings (SSSR count). The van der Waals surface area contributed by atoms with E-state index in [2.05, 4.69) is 26.8 Å². The summed E-state index contributed by atoms with van der Waals surface area (Å²) in [5.74, 6) is -0.707. The number of ether oxygens (including phenoxy) is 2. The zero-order valence-corrected chi connectivity index (χ0v) is 15.3. The topological polar surface area (TPSA) is 62.2 Å². The summed E-state index contributed by atoms with van der Waals surface area (Å²) in [6, 6.07) is 0. The minimum Gasteiger partial charge on any atom is -0.512 e. The molecule has 4 aliphatic rings. The maximum Gasteiger partial charge on any atom is 0.222 e. The fourth-order valence-corrected chi connectivity index (χ4v) is 5.26. The van der Waals surface area contributed by atoms with Crippen LogP contribution in [0.15, 0.2) is 23.0 Å². The number of fused-ring (bicyclic) bond motifs is 2. The molecule has 0 amide bonds. The minimum absolute atomic E-state index is 0.0195. The monoisotopic (exact) mass is 334 g/mol. The smallest absolute Gasteiger partial charge is 0.222 e. The lowest BCUT2D eigenvalue weighted by molar-refractivity contribution is -0.163. The maximum absolute atomic E-state index is 11.3. The van der Waals surface area contributed by atoms with E-state index >= 15 is 0 Å². The van der Waals surface area contributed by atoms with E-state index in [1.165, 1.54) is 5.57 Å². The van der Waals surface area contributed by atoms with Gasteiger partial charge < -0.3 is 19.7 Å². The Morgan fingerprint density at radius 2 is 2.00 bits per heavy atom. The Bertz CT molecular complexity index is 623. The average molecular weight is 334 g/mol. The number of hydrogen-bond donors (Lipinski definition) is 2. The van der Waals surface area contributed by atoms with Gasteiger partial charge in [0.2, 0.25) is 5.79 Å². The Labute approximate surface area is 144 Å². The summed E-state index contributed by atoms with van der Waals surface area (Å²) in [5, 5.41) is 22.0. The third-order valence-electron chi connectivity index (χ3n) is 7.37. The highest BCUT2D eigenvalue weighted by atomic mass is 16.7. The summed E-state index contributed by atoms with van der Waals surface area (Å²) in [6.45, 7) is 9.24. The van der Waals surface area contributed by atoms with Crippen molar-refractivity contribution in [2.45, 2.75) is 77.3 Å². The van der Waals surface area contributed by atoms with E-state index in [-0.39, 0.29) is 23.0 Å². The molecule has 0 aromatic rings. The molecule has 2 saturated heterocycles. The second kappa shape index (κ2) is 5.09. The van der Waals surface area contributed by atoms with E-state index in [0.717, 1.165) is 25.7 Å². The summed E-state index contributed by atoms with van der Waals surface area (Å²) in [6.07, 6.45) is 6.50. The molecular weight excluding hydrogens is 304 g/mol. The molecular formula is C20H30O4. The molecule has 2 aliphatic heterocycles. The van der Waals surface area contributed by atoms with Crippen LogP contribution in [0.5, 0.6) is 0 Å². The van der Waals surface area contributed by atoms with Crippen molar-refractivity contribution >= 4 is 0 Å². The molecule has 0 spiro atoms. The van der Waals surface area contributed by atoms with Gasteiger partial charge in [-0.15, -0.1) is 0 Å². The van der Waals surface area contributed by atoms with Crippen molar-refractivity contribution in [3.8, 4) is 0 Å². The average Bonchev–Trinajstić information content (AvgIpc) is 3.05. The molecule has 4 bridgehead atoms. The van der Waals surface area contributed by atoms with Gasteiger partial charge in [-0.2, -0.15) is 0 Å². The predicted octanol–water partition coefficient (Wildman–Crippen LogP) is 3.86. The fraction of sp³-hybridized carbons (Fsp3) is 0.800. The van der Waals surface area contributed by atoms with Gasteiger partial charge in [0.05, 0.1) is 18.0 Å². The number of rotatable bonds is 0. The van der Waals surface area contributed by atoms with Gasteiger partial charge >= 0.3 is 0 Å². The number of aliphatic hydroxyl groups excluding tert-OH is 1. The summed E-state index contributed by atoms with van der Waals surface area (Å²) >= 11 is 0. The molecule has 134 valence electrons. The Morgan fingerprint density at radius 1 is 1.25 bits per heavy atom. The van der Waals surface area contributed by atoms with Gasteiger partial charge in [0.15, 0.2) is 0 Å². The normalized spacial score (nSPS) is 53.5. The fourth-order valence-electron chi connectivity index (χ4n) is 5.26. The molecule has 0 aromatic heterocycles. The number of hydrogen-bond acceptors (Lipinski definition) is 4. The van der Waals surface area contributed by atoms with Crippen molar-refractivity contribution in [3.63, 3.8) is 0 Å². The third-order valence-corrected chi connectivity index (χ3v) is 7.37. The molecule has 6 atom stereocenters. The molecule has 0 radical (unpaired) electrons. The van der Waals surface area contributed by atoms with Gasteiger partial charge in [-0.3, -0.25) is 0 Å². The van der Waals surface area contributed by atoms with Crippen molar-refractivity contribution in [2.75, 3.05) is 6.61 Å². The predicted molar refractivity (Wildman–Crippen MR) is 91.4 cm³/mol. The highest BCUT2D eigenvalue weighted by molar-refractivity contribution is 5.35. The van der Waals surface area contributed by atoms with Crippen LogP contribution in [0.4, 0.5) is 0 Å². The van der Waals surface area contributed by atoms with Gasteiger partial charge in [0, 0.05) is 17.9 Å². The number of aliphatic hydroxyl groups is 2. The first-order chi connectivity index (χ1) is 11.2. The second-order valence-corrected chi connectivity index (χ2v) is 8.93. The highest BCUT2D eigenvalue weighted by Gasteiger charge is 2.70. The van der Waals surface area contributed by atoms with Crippen LogP contribution in [-0.2, 0) is 9.47 Å². The van der Waals surface area contributed by atoms with Crippen LogP contribution in [-0.4, -0.2) is 34.3 Å². The van der Waals surface area contributed by atoms with Crippen LogP contribution in [0, 0.1) is 17.3 Å². The molecule has 0 unspecified atom stereocenters. The molecule has 24 heavy (non-hydrogen) atoms. The van der Waals surface area contributed by atoms with Gasteiger partial charge in [-0.05, 0) is 50.9 Å². The number of epoxide rings is 1. The van der Waals surface area contributed by atoms with Crippen molar-refractivity contribution in [2.24, 2.45) is 17.3 Å². The molecule has 2 aliphatic carbocycles. The van der Waals surface area contributed by atoms with E-state index in [4.69, 9.17) is 9.47 Å². The van der Waals surface area contributed by atoms with Crippen molar-refractivity contribution in [3.05, 3.63) is 23.0 Å². The molecule has 0 aromatic carbocycles. The molecule has 4 heteroatoms. The lowest BCUT2D eigenvalue weighted by Gasteiger charge is -2.45. The molecule has 2 fully saturated rings. The van der Waals surface area contributed by atoms with E-state index in [0.29, 0.717) is 30.3 Å². The Balaban J connectivity index is 1.81.